The average molecular weight is 260 g/mol. The number of carbonyl (C=O) groups is 1. The van der Waals surface area contributed by atoms with Crippen LogP contribution in [-0.2, 0) is 4.79 Å². The van der Waals surface area contributed by atoms with Gasteiger partial charge in [0.1, 0.15) is 0 Å². The highest BCUT2D eigenvalue weighted by molar-refractivity contribution is 5.96. The van der Waals surface area contributed by atoms with Crippen molar-refractivity contribution >= 4 is 11.6 Å². The van der Waals surface area contributed by atoms with Gasteiger partial charge >= 0.3 is 0 Å². The largest absolute Gasteiger partial charge is 0.393 e. The molecule has 1 aromatic carbocycles. The summed E-state index contributed by atoms with van der Waals surface area (Å²) in [6.07, 6.45) is 0.558. The molecule has 1 aliphatic heterocycles. The molecule has 4 nitrogen and oxygen atoms in total. The van der Waals surface area contributed by atoms with E-state index in [9.17, 15) is 9.90 Å². The van der Waals surface area contributed by atoms with E-state index in [1.165, 1.54) is 5.56 Å². The Morgan fingerprint density at radius 3 is 2.89 bits per heavy atom. The second-order valence-electron chi connectivity index (χ2n) is 5.80. The van der Waals surface area contributed by atoms with Crippen LogP contribution in [0.25, 0.3) is 0 Å². The van der Waals surface area contributed by atoms with Gasteiger partial charge in [-0.15, -0.1) is 0 Å². The predicted octanol–water partition coefficient (Wildman–Crippen LogP) is 1.23. The Bertz CT molecular complexity index is 495. The summed E-state index contributed by atoms with van der Waals surface area (Å²) in [5, 5.41) is 9.67. The van der Waals surface area contributed by atoms with Crippen molar-refractivity contribution in [3.05, 3.63) is 29.8 Å². The molecule has 2 aliphatic rings. The molecule has 1 fully saturated rings. The number of amides is 1. The summed E-state index contributed by atoms with van der Waals surface area (Å²) in [4.78, 5) is 14.3. The molecule has 4 heteroatoms. The molecule has 1 aromatic rings. The van der Waals surface area contributed by atoms with Crippen molar-refractivity contribution in [3.8, 4) is 0 Å². The van der Waals surface area contributed by atoms with Gasteiger partial charge in [0.05, 0.1) is 6.10 Å². The van der Waals surface area contributed by atoms with Gasteiger partial charge in [-0.3, -0.25) is 4.79 Å². The van der Waals surface area contributed by atoms with Crippen molar-refractivity contribution in [2.45, 2.75) is 37.8 Å². The van der Waals surface area contributed by atoms with Crippen LogP contribution in [0.3, 0.4) is 0 Å². The molecule has 0 aromatic heterocycles. The Kier molecular flexibility index (Phi) is 3.07. The van der Waals surface area contributed by atoms with Crippen LogP contribution < -0.4 is 10.6 Å². The smallest absolute Gasteiger partial charge is 0.227 e. The Morgan fingerprint density at radius 2 is 2.21 bits per heavy atom. The lowest BCUT2D eigenvalue weighted by Crippen LogP contribution is -2.52. The van der Waals surface area contributed by atoms with Gasteiger partial charge < -0.3 is 15.7 Å². The number of rotatable bonds is 2. The summed E-state index contributed by atoms with van der Waals surface area (Å²) in [5.41, 5.74) is 8.10. The second-order valence-corrected chi connectivity index (χ2v) is 5.80. The van der Waals surface area contributed by atoms with E-state index in [1.807, 2.05) is 23.1 Å². The number of benzene rings is 1. The van der Waals surface area contributed by atoms with Gasteiger partial charge in [-0.25, -0.2) is 0 Å². The van der Waals surface area contributed by atoms with Gasteiger partial charge in [0, 0.05) is 36.5 Å². The monoisotopic (exact) mass is 260 g/mol. The molecule has 0 radical (unpaired) electrons. The molecule has 1 amide bonds. The van der Waals surface area contributed by atoms with E-state index in [-0.39, 0.29) is 17.9 Å². The molecule has 19 heavy (non-hydrogen) atoms. The summed E-state index contributed by atoms with van der Waals surface area (Å²) in [5.74, 6) is 0.381. The highest BCUT2D eigenvalue weighted by atomic mass is 16.3. The number of para-hydroxylation sites is 1. The highest BCUT2D eigenvalue weighted by Crippen LogP contribution is 2.37. The van der Waals surface area contributed by atoms with Crippen LogP contribution in [0.4, 0.5) is 5.69 Å². The molecule has 4 atom stereocenters. The summed E-state index contributed by atoms with van der Waals surface area (Å²) >= 11 is 0. The number of nitrogens with two attached hydrogens (primary N) is 1. The Hall–Kier alpha value is -1.39. The topological polar surface area (TPSA) is 66.6 Å². The first-order valence-corrected chi connectivity index (χ1v) is 6.91. The normalized spacial score (nSPS) is 32.9. The van der Waals surface area contributed by atoms with Gasteiger partial charge in [0.2, 0.25) is 5.91 Å². The number of carbonyl (C=O) groups excluding carboxylic acids is 1. The van der Waals surface area contributed by atoms with Crippen LogP contribution in [0.1, 0.15) is 31.2 Å². The minimum Gasteiger partial charge on any atom is -0.393 e. The number of fused-ring (bicyclic) bond motifs is 1. The van der Waals surface area contributed by atoms with Gasteiger partial charge in [-0.2, -0.15) is 0 Å². The fourth-order valence-electron chi connectivity index (χ4n) is 3.17. The fourth-order valence-corrected chi connectivity index (χ4v) is 3.17. The first-order chi connectivity index (χ1) is 9.08. The van der Waals surface area contributed by atoms with Crippen molar-refractivity contribution in [2.75, 3.05) is 11.4 Å². The van der Waals surface area contributed by atoms with Crippen molar-refractivity contribution in [1.29, 1.82) is 0 Å². The highest BCUT2D eigenvalue weighted by Gasteiger charge is 2.40. The fraction of sp³-hybridized carbons (Fsp3) is 0.533. The molecule has 1 aliphatic carbocycles. The Morgan fingerprint density at radius 1 is 1.47 bits per heavy atom. The predicted molar refractivity (Wildman–Crippen MR) is 73.9 cm³/mol. The molecule has 3 rings (SSSR count). The van der Waals surface area contributed by atoms with Crippen LogP contribution in [0, 0.1) is 5.92 Å². The lowest BCUT2D eigenvalue weighted by molar-refractivity contribution is -0.122. The average Bonchev–Trinajstić information content (AvgIpc) is 2.74. The number of anilines is 1. The summed E-state index contributed by atoms with van der Waals surface area (Å²) in [6.45, 7) is 2.87. The van der Waals surface area contributed by atoms with Crippen molar-refractivity contribution < 1.29 is 9.90 Å². The molecular formula is C15H20N2O2. The van der Waals surface area contributed by atoms with Gasteiger partial charge in [-0.1, -0.05) is 25.1 Å². The zero-order valence-corrected chi connectivity index (χ0v) is 11.1. The molecular weight excluding hydrogens is 240 g/mol. The van der Waals surface area contributed by atoms with E-state index >= 15 is 0 Å². The maximum absolute atomic E-state index is 12.4. The number of aliphatic hydroxyl groups excluding tert-OH is 1. The first kappa shape index (κ1) is 12.6. The molecule has 0 saturated heterocycles. The third-order valence-electron chi connectivity index (χ3n) is 4.48. The lowest BCUT2D eigenvalue weighted by Gasteiger charge is -2.39. The number of hydrogen-bond donors (Lipinski definition) is 2. The zero-order chi connectivity index (χ0) is 13.6. The molecule has 0 bridgehead atoms. The minimum atomic E-state index is -0.408. The molecule has 1 saturated carbocycles. The van der Waals surface area contributed by atoms with E-state index in [2.05, 4.69) is 13.0 Å². The van der Waals surface area contributed by atoms with Crippen molar-refractivity contribution in [3.63, 3.8) is 0 Å². The summed E-state index contributed by atoms with van der Waals surface area (Å²) in [6, 6.07) is 8.01. The van der Waals surface area contributed by atoms with Gasteiger partial charge in [0.25, 0.3) is 0 Å². The molecule has 1 heterocycles. The minimum absolute atomic E-state index is 0.0331. The van der Waals surface area contributed by atoms with Gasteiger partial charge in [-0.05, 0) is 18.1 Å². The Balaban J connectivity index is 1.75. The maximum atomic E-state index is 12.4. The molecule has 102 valence electrons. The van der Waals surface area contributed by atoms with Crippen molar-refractivity contribution in [2.24, 2.45) is 11.7 Å². The number of nitrogens with zero attached hydrogens (tertiary/aromatic N) is 1. The third-order valence-corrected chi connectivity index (χ3v) is 4.48. The van der Waals surface area contributed by atoms with E-state index in [1.54, 1.807) is 0 Å². The summed E-state index contributed by atoms with van der Waals surface area (Å²) in [7, 11) is 0. The van der Waals surface area contributed by atoms with E-state index in [0.29, 0.717) is 18.8 Å². The van der Waals surface area contributed by atoms with Crippen LogP contribution in [0.15, 0.2) is 24.3 Å². The summed E-state index contributed by atoms with van der Waals surface area (Å²) < 4.78 is 0. The molecule has 1 unspecified atom stereocenters. The first-order valence-electron chi connectivity index (χ1n) is 6.91. The van der Waals surface area contributed by atoms with Crippen molar-refractivity contribution in [1.82, 2.24) is 0 Å². The standard InChI is InChI=1S/C15H20N2O2/c1-9-8-17(13-5-3-2-4-10(9)13)15(19)6-11-12(16)7-14(11)18/h2-5,9,11-12,14,18H,6-8,16H2,1H3/t9?,11-,12+,14-/m1/s1. The number of hydrogen-bond acceptors (Lipinski definition) is 3. The zero-order valence-electron chi connectivity index (χ0n) is 11.1. The lowest BCUT2D eigenvalue weighted by atomic mass is 9.75. The Labute approximate surface area is 113 Å². The van der Waals surface area contributed by atoms with E-state index < -0.39 is 6.10 Å². The van der Waals surface area contributed by atoms with E-state index in [4.69, 9.17) is 5.73 Å². The maximum Gasteiger partial charge on any atom is 0.227 e. The van der Waals surface area contributed by atoms with E-state index in [0.717, 1.165) is 12.2 Å². The SMILES string of the molecule is CC1CN(C(=O)C[C@H]2[C@H](O)C[C@@H]2N)c2ccccc21. The quantitative estimate of drug-likeness (QED) is 0.840. The third kappa shape index (κ3) is 2.05. The van der Waals surface area contributed by atoms with Crippen LogP contribution in [0.5, 0.6) is 0 Å². The molecule has 0 spiro atoms. The van der Waals surface area contributed by atoms with Crippen LogP contribution >= 0.6 is 0 Å². The van der Waals surface area contributed by atoms with Gasteiger partial charge in [0.15, 0.2) is 0 Å². The number of aliphatic hydroxyl groups is 1. The van der Waals surface area contributed by atoms with Crippen LogP contribution in [-0.4, -0.2) is 29.7 Å². The van der Waals surface area contributed by atoms with Crippen LogP contribution in [0.2, 0.25) is 0 Å². The second kappa shape index (κ2) is 4.62. The molecule has 3 N–H and O–H groups in total.